The highest BCUT2D eigenvalue weighted by molar-refractivity contribution is 5.79. The highest BCUT2D eigenvalue weighted by atomic mass is 16.2. The second-order valence-electron chi connectivity index (χ2n) is 7.82. The predicted octanol–water partition coefficient (Wildman–Crippen LogP) is 2.97. The van der Waals surface area contributed by atoms with Crippen molar-refractivity contribution >= 4 is 5.91 Å². The number of amides is 1. The van der Waals surface area contributed by atoms with Gasteiger partial charge in [0.1, 0.15) is 0 Å². The van der Waals surface area contributed by atoms with Crippen LogP contribution in [-0.2, 0) is 24.9 Å². The lowest BCUT2D eigenvalue weighted by Crippen LogP contribution is -2.45. The number of nitrogens with zero attached hydrogens (tertiary/aromatic N) is 4. The number of rotatable bonds is 4. The third-order valence-corrected chi connectivity index (χ3v) is 6.17. The highest BCUT2D eigenvalue weighted by Crippen LogP contribution is 2.40. The van der Waals surface area contributed by atoms with Gasteiger partial charge in [-0.05, 0) is 37.8 Å². The largest absolute Gasteiger partial charge is 0.337 e. The van der Waals surface area contributed by atoms with Gasteiger partial charge in [0.15, 0.2) is 0 Å². The summed E-state index contributed by atoms with van der Waals surface area (Å²) < 4.78 is 2.10. The van der Waals surface area contributed by atoms with Crippen molar-refractivity contribution in [3.8, 4) is 0 Å². The second-order valence-corrected chi connectivity index (χ2v) is 7.82. The van der Waals surface area contributed by atoms with Gasteiger partial charge in [-0.3, -0.25) is 9.69 Å². The van der Waals surface area contributed by atoms with Gasteiger partial charge in [-0.2, -0.15) is 0 Å². The quantitative estimate of drug-likeness (QED) is 0.849. The lowest BCUT2D eigenvalue weighted by molar-refractivity contribution is -0.132. The van der Waals surface area contributed by atoms with Gasteiger partial charge in [0.25, 0.3) is 0 Å². The molecule has 1 aromatic carbocycles. The zero-order chi connectivity index (χ0) is 18.0. The average molecular weight is 352 g/mol. The molecule has 1 aromatic heterocycles. The van der Waals surface area contributed by atoms with Gasteiger partial charge in [0.05, 0.1) is 12.0 Å². The zero-order valence-electron chi connectivity index (χ0n) is 15.6. The van der Waals surface area contributed by atoms with E-state index in [9.17, 15) is 4.79 Å². The molecule has 26 heavy (non-hydrogen) atoms. The van der Waals surface area contributed by atoms with Gasteiger partial charge < -0.3 is 9.47 Å². The summed E-state index contributed by atoms with van der Waals surface area (Å²) >= 11 is 0. The Bertz CT molecular complexity index is 756. The lowest BCUT2D eigenvalue weighted by Gasteiger charge is -2.38. The molecular formula is C21H28N4O. The number of aryl methyl sites for hydroxylation is 1. The van der Waals surface area contributed by atoms with Gasteiger partial charge >= 0.3 is 0 Å². The highest BCUT2D eigenvalue weighted by Gasteiger charge is 2.45. The Morgan fingerprint density at radius 1 is 1.08 bits per heavy atom. The summed E-state index contributed by atoms with van der Waals surface area (Å²) in [4.78, 5) is 21.6. The first-order valence-electron chi connectivity index (χ1n) is 9.68. The van der Waals surface area contributed by atoms with Crippen molar-refractivity contribution in [2.24, 2.45) is 7.05 Å². The topological polar surface area (TPSA) is 41.4 Å². The molecule has 2 fully saturated rings. The van der Waals surface area contributed by atoms with Crippen LogP contribution in [0, 0.1) is 0 Å². The number of benzene rings is 1. The molecule has 2 aliphatic heterocycles. The normalized spacial score (nSPS) is 24.3. The molecule has 2 saturated heterocycles. The lowest BCUT2D eigenvalue weighted by atomic mass is 9.87. The number of carbonyl (C=O) groups excluding carboxylic acids is 1. The predicted molar refractivity (Wildman–Crippen MR) is 101 cm³/mol. The molecule has 5 heteroatoms. The van der Waals surface area contributed by atoms with Crippen LogP contribution in [0.1, 0.15) is 43.4 Å². The Morgan fingerprint density at radius 3 is 2.69 bits per heavy atom. The van der Waals surface area contributed by atoms with Crippen molar-refractivity contribution in [3.05, 3.63) is 54.1 Å². The molecule has 2 aliphatic rings. The minimum Gasteiger partial charge on any atom is -0.337 e. The summed E-state index contributed by atoms with van der Waals surface area (Å²) in [6.45, 7) is 3.84. The van der Waals surface area contributed by atoms with E-state index in [1.165, 1.54) is 11.3 Å². The number of hydrogen-bond donors (Lipinski definition) is 0. The van der Waals surface area contributed by atoms with E-state index < -0.39 is 0 Å². The molecule has 2 aromatic rings. The van der Waals surface area contributed by atoms with Crippen molar-refractivity contribution in [2.45, 2.75) is 50.7 Å². The molecule has 0 saturated carbocycles. The summed E-state index contributed by atoms with van der Waals surface area (Å²) in [5.74, 6) is 0.328. The molecule has 138 valence electrons. The Hall–Kier alpha value is -2.14. The first kappa shape index (κ1) is 17.3. The molecular weight excluding hydrogens is 324 g/mol. The molecule has 4 rings (SSSR count). The summed E-state index contributed by atoms with van der Waals surface area (Å²) in [7, 11) is 2.05. The van der Waals surface area contributed by atoms with Crippen molar-refractivity contribution in [1.82, 2.24) is 19.4 Å². The van der Waals surface area contributed by atoms with E-state index in [0.717, 1.165) is 51.9 Å². The van der Waals surface area contributed by atoms with Crippen LogP contribution in [0.3, 0.4) is 0 Å². The van der Waals surface area contributed by atoms with Crippen LogP contribution in [0.2, 0.25) is 0 Å². The van der Waals surface area contributed by atoms with Gasteiger partial charge in [-0.1, -0.05) is 30.3 Å². The molecule has 0 unspecified atom stereocenters. The fourth-order valence-corrected chi connectivity index (χ4v) is 4.57. The maximum absolute atomic E-state index is 12.6. The average Bonchev–Trinajstić information content (AvgIpc) is 3.10. The van der Waals surface area contributed by atoms with Crippen LogP contribution in [0.15, 0.2) is 42.9 Å². The SMILES string of the molecule is Cn1cncc1CN1CCC[C@]2(CCC(=O)N2Cc2ccccc2)CC1. The van der Waals surface area contributed by atoms with Crippen LogP contribution in [0.5, 0.6) is 0 Å². The van der Waals surface area contributed by atoms with Crippen LogP contribution >= 0.6 is 0 Å². The van der Waals surface area contributed by atoms with Crippen LogP contribution in [0.25, 0.3) is 0 Å². The van der Waals surface area contributed by atoms with Gasteiger partial charge in [0, 0.05) is 44.8 Å². The van der Waals surface area contributed by atoms with Crippen molar-refractivity contribution in [1.29, 1.82) is 0 Å². The molecule has 5 nitrogen and oxygen atoms in total. The minimum atomic E-state index is 0.0497. The molecule has 0 bridgehead atoms. The van der Waals surface area contributed by atoms with E-state index in [1.54, 1.807) is 0 Å². The first-order chi connectivity index (χ1) is 12.7. The zero-order valence-corrected chi connectivity index (χ0v) is 15.6. The van der Waals surface area contributed by atoms with Gasteiger partial charge in [-0.25, -0.2) is 4.98 Å². The summed E-state index contributed by atoms with van der Waals surface area (Å²) in [5.41, 5.74) is 2.54. The molecule has 0 N–H and O–H groups in total. The Morgan fingerprint density at radius 2 is 1.92 bits per heavy atom. The van der Waals surface area contributed by atoms with E-state index in [1.807, 2.05) is 18.6 Å². The summed E-state index contributed by atoms with van der Waals surface area (Å²) in [5, 5.41) is 0. The number of carbonyl (C=O) groups is 1. The maximum atomic E-state index is 12.6. The molecule has 0 radical (unpaired) electrons. The molecule has 1 atom stereocenters. The van der Waals surface area contributed by atoms with Crippen molar-refractivity contribution in [2.75, 3.05) is 13.1 Å². The summed E-state index contributed by atoms with van der Waals surface area (Å²) in [6.07, 6.45) is 8.88. The molecule has 1 spiro atoms. The van der Waals surface area contributed by atoms with Gasteiger partial charge in [0.2, 0.25) is 5.91 Å². The molecule has 1 amide bonds. The van der Waals surface area contributed by atoms with Crippen molar-refractivity contribution < 1.29 is 4.79 Å². The number of hydrogen-bond acceptors (Lipinski definition) is 3. The van der Waals surface area contributed by atoms with Gasteiger partial charge in [-0.15, -0.1) is 0 Å². The van der Waals surface area contributed by atoms with E-state index in [4.69, 9.17) is 0 Å². The first-order valence-corrected chi connectivity index (χ1v) is 9.68. The second kappa shape index (κ2) is 7.23. The Balaban J connectivity index is 1.47. The number of aromatic nitrogens is 2. The maximum Gasteiger partial charge on any atom is 0.223 e. The molecule has 0 aliphatic carbocycles. The fourth-order valence-electron chi connectivity index (χ4n) is 4.57. The fraction of sp³-hybridized carbons (Fsp3) is 0.524. The number of likely N-dealkylation sites (tertiary alicyclic amines) is 2. The molecule has 3 heterocycles. The third kappa shape index (κ3) is 3.40. The van der Waals surface area contributed by atoms with Crippen molar-refractivity contribution in [3.63, 3.8) is 0 Å². The third-order valence-electron chi connectivity index (χ3n) is 6.17. The smallest absolute Gasteiger partial charge is 0.223 e. The Labute approximate surface area is 155 Å². The Kier molecular flexibility index (Phi) is 4.81. The van der Waals surface area contributed by atoms with Crippen LogP contribution in [-0.4, -0.2) is 43.9 Å². The summed E-state index contributed by atoms with van der Waals surface area (Å²) in [6, 6.07) is 10.4. The number of imidazole rings is 1. The van der Waals surface area contributed by atoms with E-state index in [2.05, 4.69) is 50.7 Å². The van der Waals surface area contributed by atoms with E-state index >= 15 is 0 Å². The minimum absolute atomic E-state index is 0.0497. The van der Waals surface area contributed by atoms with E-state index in [0.29, 0.717) is 12.3 Å². The van der Waals surface area contributed by atoms with Crippen LogP contribution < -0.4 is 0 Å². The van der Waals surface area contributed by atoms with E-state index in [-0.39, 0.29) is 5.54 Å². The standard InChI is InChI=1S/C21H28N4O/c1-23-17-22-14-19(23)16-24-12-5-9-21(11-13-24)10-8-20(26)25(21)15-18-6-3-2-4-7-18/h2-4,6-7,14,17H,5,8-13,15-16H2,1H3/t21-/m0/s1. The van der Waals surface area contributed by atoms with Crippen LogP contribution in [0.4, 0.5) is 0 Å². The monoisotopic (exact) mass is 352 g/mol.